The Morgan fingerprint density at radius 2 is 2.12 bits per heavy atom. The highest BCUT2D eigenvalue weighted by atomic mass is 35.5. The zero-order valence-corrected chi connectivity index (χ0v) is 11.4. The molecular weight excluding hydrogens is 224 g/mol. The fourth-order valence-corrected chi connectivity index (χ4v) is 1.79. The minimum Gasteiger partial charge on any atom is -0.353 e. The minimum atomic E-state index is 0. The molecule has 0 aromatic rings. The van der Waals surface area contributed by atoms with Crippen molar-refractivity contribution in [3.63, 3.8) is 0 Å². The average Bonchev–Trinajstić information content (AvgIpc) is 2.66. The maximum absolute atomic E-state index is 11.6. The average molecular weight is 249 g/mol. The summed E-state index contributed by atoms with van der Waals surface area (Å²) in [7, 11) is 0. The Labute approximate surface area is 105 Å². The fourth-order valence-electron chi connectivity index (χ4n) is 1.79. The molecular formula is C12H25ClN2O. The van der Waals surface area contributed by atoms with E-state index in [2.05, 4.69) is 31.4 Å². The van der Waals surface area contributed by atoms with Crippen LogP contribution in [0.1, 0.15) is 40.0 Å². The van der Waals surface area contributed by atoms with Crippen LogP contribution in [0.4, 0.5) is 0 Å². The molecule has 1 heterocycles. The largest absolute Gasteiger partial charge is 0.353 e. The van der Waals surface area contributed by atoms with Crippen molar-refractivity contribution in [1.82, 2.24) is 10.6 Å². The summed E-state index contributed by atoms with van der Waals surface area (Å²) in [6.07, 6.45) is 2.94. The molecule has 0 saturated carbocycles. The van der Waals surface area contributed by atoms with Crippen molar-refractivity contribution in [2.75, 3.05) is 13.1 Å². The highest BCUT2D eigenvalue weighted by Gasteiger charge is 2.16. The van der Waals surface area contributed by atoms with E-state index in [-0.39, 0.29) is 18.3 Å². The lowest BCUT2D eigenvalue weighted by Crippen LogP contribution is -2.36. The zero-order valence-electron chi connectivity index (χ0n) is 10.6. The van der Waals surface area contributed by atoms with E-state index in [9.17, 15) is 4.79 Å². The maximum Gasteiger partial charge on any atom is 0.220 e. The van der Waals surface area contributed by atoms with Crippen molar-refractivity contribution in [2.45, 2.75) is 46.1 Å². The van der Waals surface area contributed by atoms with E-state index in [1.165, 1.54) is 6.42 Å². The summed E-state index contributed by atoms with van der Waals surface area (Å²) in [4.78, 5) is 11.6. The van der Waals surface area contributed by atoms with Crippen molar-refractivity contribution < 1.29 is 4.79 Å². The molecule has 16 heavy (non-hydrogen) atoms. The van der Waals surface area contributed by atoms with Gasteiger partial charge in [0.1, 0.15) is 0 Å². The van der Waals surface area contributed by atoms with Gasteiger partial charge >= 0.3 is 0 Å². The van der Waals surface area contributed by atoms with Crippen molar-refractivity contribution in [3.05, 3.63) is 0 Å². The van der Waals surface area contributed by atoms with Crippen molar-refractivity contribution in [3.8, 4) is 0 Å². The van der Waals surface area contributed by atoms with Crippen LogP contribution < -0.4 is 10.6 Å². The molecule has 2 N–H and O–H groups in total. The van der Waals surface area contributed by atoms with Gasteiger partial charge in [0, 0.05) is 12.5 Å². The molecule has 0 aromatic carbocycles. The van der Waals surface area contributed by atoms with Gasteiger partial charge in [-0.15, -0.1) is 12.4 Å². The molecule has 4 heteroatoms. The molecule has 1 amide bonds. The first-order chi connectivity index (χ1) is 7.09. The Bertz CT molecular complexity index is 203. The van der Waals surface area contributed by atoms with Crippen LogP contribution in [-0.4, -0.2) is 25.0 Å². The topological polar surface area (TPSA) is 41.1 Å². The number of amides is 1. The van der Waals surface area contributed by atoms with Gasteiger partial charge in [-0.1, -0.05) is 13.8 Å². The second-order valence-corrected chi connectivity index (χ2v) is 5.00. The summed E-state index contributed by atoms with van der Waals surface area (Å²) < 4.78 is 0. The summed E-state index contributed by atoms with van der Waals surface area (Å²) in [6, 6.07) is 0.291. The molecule has 96 valence electrons. The van der Waals surface area contributed by atoms with Crippen molar-refractivity contribution in [1.29, 1.82) is 0 Å². The Morgan fingerprint density at radius 1 is 1.44 bits per heavy atom. The standard InChI is InChI=1S/C12H24N2O.ClH/c1-9(2)10(3)14-12(15)5-4-11-6-7-13-8-11;/h9-11,13H,4-8H2,1-3H3,(H,14,15);1H. The van der Waals surface area contributed by atoms with Crippen molar-refractivity contribution >= 4 is 18.3 Å². The number of hydrogen-bond donors (Lipinski definition) is 2. The van der Waals surface area contributed by atoms with Crippen LogP contribution in [0.3, 0.4) is 0 Å². The van der Waals surface area contributed by atoms with Crippen LogP contribution in [-0.2, 0) is 4.79 Å². The van der Waals surface area contributed by atoms with E-state index in [0.29, 0.717) is 24.3 Å². The third-order valence-electron chi connectivity index (χ3n) is 3.33. The Hall–Kier alpha value is -0.280. The van der Waals surface area contributed by atoms with Gasteiger partial charge in [-0.3, -0.25) is 4.79 Å². The fraction of sp³-hybridized carbons (Fsp3) is 0.917. The van der Waals surface area contributed by atoms with Gasteiger partial charge in [-0.25, -0.2) is 0 Å². The van der Waals surface area contributed by atoms with Crippen LogP contribution in [0.15, 0.2) is 0 Å². The molecule has 2 atom stereocenters. The molecule has 0 spiro atoms. The normalized spacial score (nSPS) is 21.6. The van der Waals surface area contributed by atoms with E-state index in [4.69, 9.17) is 0 Å². The summed E-state index contributed by atoms with van der Waals surface area (Å²) >= 11 is 0. The van der Waals surface area contributed by atoms with E-state index >= 15 is 0 Å². The van der Waals surface area contributed by atoms with E-state index in [1.54, 1.807) is 0 Å². The molecule has 1 saturated heterocycles. The molecule has 2 unspecified atom stereocenters. The van der Waals surface area contributed by atoms with E-state index in [1.807, 2.05) is 0 Å². The highest BCUT2D eigenvalue weighted by molar-refractivity contribution is 5.85. The van der Waals surface area contributed by atoms with E-state index in [0.717, 1.165) is 19.5 Å². The SMILES string of the molecule is CC(C)C(C)NC(=O)CCC1CCNC1.Cl. The van der Waals surface area contributed by atoms with Gasteiger partial charge in [0.15, 0.2) is 0 Å². The van der Waals surface area contributed by atoms with Crippen LogP contribution in [0, 0.1) is 11.8 Å². The molecule has 0 aliphatic carbocycles. The van der Waals surface area contributed by atoms with Crippen molar-refractivity contribution in [2.24, 2.45) is 11.8 Å². The predicted molar refractivity (Wildman–Crippen MR) is 69.9 cm³/mol. The van der Waals surface area contributed by atoms with Gasteiger partial charge in [-0.05, 0) is 44.7 Å². The van der Waals surface area contributed by atoms with E-state index < -0.39 is 0 Å². The smallest absolute Gasteiger partial charge is 0.220 e. The minimum absolute atomic E-state index is 0. The number of carbonyl (C=O) groups is 1. The lowest BCUT2D eigenvalue weighted by molar-refractivity contribution is -0.122. The molecule has 0 aromatic heterocycles. The predicted octanol–water partition coefficient (Wildman–Crippen LogP) is 1.96. The molecule has 1 aliphatic heterocycles. The van der Waals surface area contributed by atoms with Crippen LogP contribution in [0.25, 0.3) is 0 Å². The third-order valence-corrected chi connectivity index (χ3v) is 3.33. The molecule has 1 aliphatic rings. The summed E-state index contributed by atoms with van der Waals surface area (Å²) in [5.41, 5.74) is 0. The maximum atomic E-state index is 11.6. The summed E-state index contributed by atoms with van der Waals surface area (Å²) in [5.74, 6) is 1.44. The lowest BCUT2D eigenvalue weighted by atomic mass is 10.0. The zero-order chi connectivity index (χ0) is 11.3. The first kappa shape index (κ1) is 15.7. The molecule has 0 bridgehead atoms. The Kier molecular flexibility index (Phi) is 7.77. The molecule has 1 rings (SSSR count). The number of hydrogen-bond acceptors (Lipinski definition) is 2. The quantitative estimate of drug-likeness (QED) is 0.781. The van der Waals surface area contributed by atoms with Gasteiger partial charge < -0.3 is 10.6 Å². The van der Waals surface area contributed by atoms with Gasteiger partial charge in [-0.2, -0.15) is 0 Å². The van der Waals surface area contributed by atoms with Gasteiger partial charge in [0.2, 0.25) is 5.91 Å². The third kappa shape index (κ3) is 5.71. The molecule has 0 radical (unpaired) electrons. The number of halogens is 1. The summed E-state index contributed by atoms with van der Waals surface area (Å²) in [6.45, 7) is 8.54. The summed E-state index contributed by atoms with van der Waals surface area (Å²) in [5, 5.41) is 6.37. The Morgan fingerprint density at radius 3 is 2.62 bits per heavy atom. The van der Waals surface area contributed by atoms with Gasteiger partial charge in [0.05, 0.1) is 0 Å². The molecule has 1 fully saturated rings. The van der Waals surface area contributed by atoms with Crippen LogP contribution in [0.5, 0.6) is 0 Å². The molecule has 3 nitrogen and oxygen atoms in total. The first-order valence-electron chi connectivity index (χ1n) is 6.09. The number of rotatable bonds is 5. The van der Waals surface area contributed by atoms with Gasteiger partial charge in [0.25, 0.3) is 0 Å². The lowest BCUT2D eigenvalue weighted by Gasteiger charge is -2.17. The second-order valence-electron chi connectivity index (χ2n) is 5.00. The monoisotopic (exact) mass is 248 g/mol. The van der Waals surface area contributed by atoms with Crippen LogP contribution in [0.2, 0.25) is 0 Å². The Balaban J connectivity index is 0.00000225. The first-order valence-corrected chi connectivity index (χ1v) is 6.09. The highest BCUT2D eigenvalue weighted by Crippen LogP contribution is 2.14. The number of nitrogens with one attached hydrogen (secondary N) is 2. The second kappa shape index (κ2) is 7.91. The number of carbonyl (C=O) groups excluding carboxylic acids is 1. The van der Waals surface area contributed by atoms with Crippen LogP contribution >= 0.6 is 12.4 Å².